The van der Waals surface area contributed by atoms with Crippen LogP contribution in [-0.2, 0) is 4.79 Å². The van der Waals surface area contributed by atoms with E-state index in [1.807, 2.05) is 32.0 Å². The zero-order valence-corrected chi connectivity index (χ0v) is 13.6. The number of hydrogen-bond donors (Lipinski definition) is 1. The molecule has 0 aliphatic carbocycles. The lowest BCUT2D eigenvalue weighted by atomic mass is 9.95. The van der Waals surface area contributed by atoms with Gasteiger partial charge in [0.05, 0.1) is 0 Å². The van der Waals surface area contributed by atoms with E-state index in [-0.39, 0.29) is 11.8 Å². The van der Waals surface area contributed by atoms with Crippen LogP contribution in [0.5, 0.6) is 0 Å². The molecule has 5 nitrogen and oxygen atoms in total. The Hall–Kier alpha value is -2.43. The van der Waals surface area contributed by atoms with Gasteiger partial charge in [0.2, 0.25) is 11.9 Å². The molecule has 1 aliphatic heterocycles. The van der Waals surface area contributed by atoms with Crippen LogP contribution >= 0.6 is 0 Å². The minimum Gasteiger partial charge on any atom is -0.341 e. The van der Waals surface area contributed by atoms with E-state index in [0.29, 0.717) is 0 Å². The van der Waals surface area contributed by atoms with Gasteiger partial charge in [-0.15, -0.1) is 0 Å². The number of rotatable bonds is 3. The molecule has 120 valence electrons. The highest BCUT2D eigenvalue weighted by molar-refractivity contribution is 5.93. The van der Waals surface area contributed by atoms with Gasteiger partial charge in [-0.3, -0.25) is 4.79 Å². The van der Waals surface area contributed by atoms with Crippen LogP contribution in [0.3, 0.4) is 0 Å². The van der Waals surface area contributed by atoms with Gasteiger partial charge in [0, 0.05) is 37.1 Å². The average molecular weight is 310 g/mol. The molecule has 0 radical (unpaired) electrons. The summed E-state index contributed by atoms with van der Waals surface area (Å²) in [5.41, 5.74) is 3.17. The number of carbonyl (C=O) groups excluding carboxylic acids is 1. The second-order valence-electron chi connectivity index (χ2n) is 6.12. The first kappa shape index (κ1) is 15.5. The van der Waals surface area contributed by atoms with E-state index in [1.54, 1.807) is 12.4 Å². The van der Waals surface area contributed by atoms with E-state index in [9.17, 15) is 4.79 Å². The van der Waals surface area contributed by atoms with Crippen LogP contribution in [0.4, 0.5) is 11.6 Å². The number of aryl methyl sites for hydroxylation is 2. The van der Waals surface area contributed by atoms with Crippen molar-refractivity contribution in [2.45, 2.75) is 26.7 Å². The van der Waals surface area contributed by atoms with Gasteiger partial charge in [-0.2, -0.15) is 0 Å². The van der Waals surface area contributed by atoms with Crippen LogP contribution in [0.25, 0.3) is 0 Å². The standard InChI is InChI=1S/C18H22N4O/c1-13-4-5-14(2)16(12-13)21-17(23)15-6-10-22(11-7-15)18-19-8-3-9-20-18/h3-5,8-9,12,15H,6-7,10-11H2,1-2H3,(H,21,23). The highest BCUT2D eigenvalue weighted by Crippen LogP contribution is 2.23. The monoisotopic (exact) mass is 310 g/mol. The van der Waals surface area contributed by atoms with E-state index in [0.717, 1.165) is 48.7 Å². The normalized spacial score (nSPS) is 15.5. The molecule has 1 amide bonds. The molecule has 1 fully saturated rings. The Bertz CT molecular complexity index is 679. The van der Waals surface area contributed by atoms with E-state index < -0.39 is 0 Å². The smallest absolute Gasteiger partial charge is 0.227 e. The predicted molar refractivity (Wildman–Crippen MR) is 91.5 cm³/mol. The van der Waals surface area contributed by atoms with Crippen molar-refractivity contribution in [2.75, 3.05) is 23.3 Å². The minimum absolute atomic E-state index is 0.0508. The van der Waals surface area contributed by atoms with Crippen molar-refractivity contribution in [3.63, 3.8) is 0 Å². The predicted octanol–water partition coefficient (Wildman–Crippen LogP) is 2.95. The molecule has 3 rings (SSSR count). The van der Waals surface area contributed by atoms with Crippen LogP contribution in [0, 0.1) is 19.8 Å². The fourth-order valence-electron chi connectivity index (χ4n) is 2.90. The molecule has 1 N–H and O–H groups in total. The molecule has 0 bridgehead atoms. The molecule has 2 heterocycles. The van der Waals surface area contributed by atoms with Crippen molar-refractivity contribution in [1.82, 2.24) is 9.97 Å². The largest absolute Gasteiger partial charge is 0.341 e. The second-order valence-corrected chi connectivity index (χ2v) is 6.12. The summed E-state index contributed by atoms with van der Waals surface area (Å²) in [5, 5.41) is 3.09. The second kappa shape index (κ2) is 6.77. The van der Waals surface area contributed by atoms with Crippen molar-refractivity contribution >= 4 is 17.5 Å². The maximum Gasteiger partial charge on any atom is 0.227 e. The Kier molecular flexibility index (Phi) is 4.55. The summed E-state index contributed by atoms with van der Waals surface area (Å²) in [6.07, 6.45) is 5.16. The average Bonchev–Trinajstić information content (AvgIpc) is 2.59. The number of aromatic nitrogens is 2. The van der Waals surface area contributed by atoms with Gasteiger partial charge in [-0.05, 0) is 49.9 Å². The number of hydrogen-bond acceptors (Lipinski definition) is 4. The third-order valence-electron chi connectivity index (χ3n) is 4.35. The quantitative estimate of drug-likeness (QED) is 0.947. The van der Waals surface area contributed by atoms with Crippen molar-refractivity contribution in [3.8, 4) is 0 Å². The van der Waals surface area contributed by atoms with Crippen molar-refractivity contribution in [2.24, 2.45) is 5.92 Å². The van der Waals surface area contributed by atoms with Crippen LogP contribution in [0.2, 0.25) is 0 Å². The molecule has 0 saturated carbocycles. The lowest BCUT2D eigenvalue weighted by Gasteiger charge is -2.31. The molecule has 5 heteroatoms. The Morgan fingerprint density at radius 2 is 1.87 bits per heavy atom. The molecule has 0 unspecified atom stereocenters. The van der Waals surface area contributed by atoms with Crippen molar-refractivity contribution in [3.05, 3.63) is 47.8 Å². The summed E-state index contributed by atoms with van der Waals surface area (Å²) >= 11 is 0. The molecule has 1 aromatic heterocycles. The molecule has 0 atom stereocenters. The third-order valence-corrected chi connectivity index (χ3v) is 4.35. The Morgan fingerprint density at radius 3 is 2.57 bits per heavy atom. The van der Waals surface area contributed by atoms with E-state index >= 15 is 0 Å². The van der Waals surface area contributed by atoms with Crippen LogP contribution in [-0.4, -0.2) is 29.0 Å². The van der Waals surface area contributed by atoms with Gasteiger partial charge in [-0.1, -0.05) is 12.1 Å². The molecule has 0 spiro atoms. The summed E-state index contributed by atoms with van der Waals surface area (Å²) in [7, 11) is 0. The summed E-state index contributed by atoms with van der Waals surface area (Å²) in [6, 6.07) is 7.94. The summed E-state index contributed by atoms with van der Waals surface area (Å²) < 4.78 is 0. The van der Waals surface area contributed by atoms with Crippen molar-refractivity contribution in [1.29, 1.82) is 0 Å². The van der Waals surface area contributed by atoms with Gasteiger partial charge in [0.1, 0.15) is 0 Å². The third kappa shape index (κ3) is 3.67. The van der Waals surface area contributed by atoms with E-state index in [4.69, 9.17) is 0 Å². The molecule has 2 aromatic rings. The topological polar surface area (TPSA) is 58.1 Å². The van der Waals surface area contributed by atoms with E-state index in [2.05, 4.69) is 26.3 Å². The van der Waals surface area contributed by atoms with Crippen LogP contribution in [0.15, 0.2) is 36.7 Å². The maximum absolute atomic E-state index is 12.5. The number of nitrogens with zero attached hydrogens (tertiary/aromatic N) is 3. The summed E-state index contributed by atoms with van der Waals surface area (Å²) in [4.78, 5) is 23.2. The number of carbonyl (C=O) groups is 1. The lowest BCUT2D eigenvalue weighted by molar-refractivity contribution is -0.120. The van der Waals surface area contributed by atoms with Gasteiger partial charge < -0.3 is 10.2 Å². The SMILES string of the molecule is Cc1ccc(C)c(NC(=O)C2CCN(c3ncccn3)CC2)c1. The van der Waals surface area contributed by atoms with Gasteiger partial charge in [0.15, 0.2) is 0 Å². The van der Waals surface area contributed by atoms with Crippen LogP contribution in [0.1, 0.15) is 24.0 Å². The zero-order chi connectivity index (χ0) is 16.2. The molecular weight excluding hydrogens is 288 g/mol. The van der Waals surface area contributed by atoms with E-state index in [1.165, 1.54) is 0 Å². The van der Waals surface area contributed by atoms with Gasteiger partial charge in [-0.25, -0.2) is 9.97 Å². The lowest BCUT2D eigenvalue weighted by Crippen LogP contribution is -2.39. The molecular formula is C18H22N4O. The fourth-order valence-corrected chi connectivity index (χ4v) is 2.90. The number of nitrogens with one attached hydrogen (secondary N) is 1. The fraction of sp³-hybridized carbons (Fsp3) is 0.389. The minimum atomic E-state index is 0.0508. The Balaban J connectivity index is 1.59. The summed E-state index contributed by atoms with van der Waals surface area (Å²) in [6.45, 7) is 5.68. The molecule has 23 heavy (non-hydrogen) atoms. The Labute approximate surface area is 136 Å². The van der Waals surface area contributed by atoms with Gasteiger partial charge >= 0.3 is 0 Å². The first-order valence-electron chi connectivity index (χ1n) is 8.03. The highest BCUT2D eigenvalue weighted by Gasteiger charge is 2.26. The first-order valence-corrected chi connectivity index (χ1v) is 8.03. The number of piperidine rings is 1. The molecule has 1 saturated heterocycles. The Morgan fingerprint density at radius 1 is 1.17 bits per heavy atom. The van der Waals surface area contributed by atoms with Crippen molar-refractivity contribution < 1.29 is 4.79 Å². The van der Waals surface area contributed by atoms with Crippen LogP contribution < -0.4 is 10.2 Å². The molecule has 1 aromatic carbocycles. The number of anilines is 2. The highest BCUT2D eigenvalue weighted by atomic mass is 16.1. The number of amides is 1. The van der Waals surface area contributed by atoms with Gasteiger partial charge in [0.25, 0.3) is 0 Å². The molecule has 1 aliphatic rings. The maximum atomic E-state index is 12.5. The number of benzene rings is 1. The summed E-state index contributed by atoms with van der Waals surface area (Å²) in [5.74, 6) is 0.920. The first-order chi connectivity index (χ1) is 11.1. The zero-order valence-electron chi connectivity index (χ0n) is 13.6.